The first kappa shape index (κ1) is 24.6. The Balaban J connectivity index is 1.54. The molecular weight excluding hydrogens is 676 g/mol. The fourth-order valence-electron chi connectivity index (χ4n) is 2.46. The first-order chi connectivity index (χ1) is 15.3. The van der Waals surface area contributed by atoms with E-state index in [1.54, 1.807) is 42.5 Å². The zero-order valence-corrected chi connectivity index (χ0v) is 22.5. The van der Waals surface area contributed by atoms with Crippen LogP contribution in [-0.2, 0) is 4.79 Å². The van der Waals surface area contributed by atoms with Crippen LogP contribution in [0.25, 0.3) is 0 Å². The van der Waals surface area contributed by atoms with Gasteiger partial charge in [0, 0.05) is 8.95 Å². The lowest BCUT2D eigenvalue weighted by molar-refractivity contribution is -0.123. The SMILES string of the molecule is O=C(COc1c(Br)cc(Br)cc1Br)NN=Cc1cccc(OC(=O)c2cccc(Br)c2)c1. The maximum Gasteiger partial charge on any atom is 0.343 e. The molecule has 164 valence electrons. The van der Waals surface area contributed by atoms with Crippen LogP contribution >= 0.6 is 63.7 Å². The lowest BCUT2D eigenvalue weighted by atomic mass is 10.2. The molecule has 0 aliphatic heterocycles. The Hall–Kier alpha value is -2.01. The predicted octanol–water partition coefficient (Wildman–Crippen LogP) is 6.48. The van der Waals surface area contributed by atoms with Gasteiger partial charge in [-0.05, 0) is 79.9 Å². The zero-order chi connectivity index (χ0) is 23.1. The van der Waals surface area contributed by atoms with Crippen molar-refractivity contribution in [2.75, 3.05) is 6.61 Å². The molecule has 0 aliphatic carbocycles. The molecule has 0 fully saturated rings. The Morgan fingerprint density at radius 3 is 2.34 bits per heavy atom. The number of carbonyl (C=O) groups is 2. The van der Waals surface area contributed by atoms with Crippen molar-refractivity contribution in [1.29, 1.82) is 0 Å². The van der Waals surface area contributed by atoms with Crippen LogP contribution in [0.2, 0.25) is 0 Å². The molecule has 10 heteroatoms. The largest absolute Gasteiger partial charge is 0.481 e. The summed E-state index contributed by atoms with van der Waals surface area (Å²) in [7, 11) is 0. The minimum Gasteiger partial charge on any atom is -0.481 e. The maximum absolute atomic E-state index is 12.3. The van der Waals surface area contributed by atoms with Crippen molar-refractivity contribution in [3.63, 3.8) is 0 Å². The number of esters is 1. The highest BCUT2D eigenvalue weighted by molar-refractivity contribution is 9.11. The molecule has 32 heavy (non-hydrogen) atoms. The molecule has 0 atom stereocenters. The summed E-state index contributed by atoms with van der Waals surface area (Å²) in [5.41, 5.74) is 3.47. The molecule has 0 unspecified atom stereocenters. The van der Waals surface area contributed by atoms with Gasteiger partial charge in [0.2, 0.25) is 0 Å². The van der Waals surface area contributed by atoms with E-state index >= 15 is 0 Å². The summed E-state index contributed by atoms with van der Waals surface area (Å²) in [4.78, 5) is 24.3. The lowest BCUT2D eigenvalue weighted by Gasteiger charge is -2.10. The second-order valence-corrected chi connectivity index (χ2v) is 9.79. The molecular formula is C22H14Br4N2O4. The van der Waals surface area contributed by atoms with Gasteiger partial charge in [0.1, 0.15) is 11.5 Å². The molecule has 0 saturated carbocycles. The highest BCUT2D eigenvalue weighted by Gasteiger charge is 2.11. The Morgan fingerprint density at radius 2 is 1.62 bits per heavy atom. The van der Waals surface area contributed by atoms with E-state index in [0.29, 0.717) is 31.6 Å². The quantitative estimate of drug-likeness (QED) is 0.133. The number of halogens is 4. The molecule has 3 aromatic carbocycles. The molecule has 3 rings (SSSR count). The van der Waals surface area contributed by atoms with E-state index in [1.165, 1.54) is 6.21 Å². The molecule has 0 aromatic heterocycles. The van der Waals surface area contributed by atoms with Gasteiger partial charge in [-0.3, -0.25) is 4.79 Å². The first-order valence-corrected chi connectivity index (χ1v) is 12.2. The summed E-state index contributed by atoms with van der Waals surface area (Å²) in [6.07, 6.45) is 1.44. The van der Waals surface area contributed by atoms with Crippen molar-refractivity contribution >= 4 is 81.8 Å². The summed E-state index contributed by atoms with van der Waals surface area (Å²) < 4.78 is 14.0. The molecule has 0 heterocycles. The summed E-state index contributed by atoms with van der Waals surface area (Å²) in [5, 5.41) is 3.92. The number of nitrogens with one attached hydrogen (secondary N) is 1. The molecule has 0 bridgehead atoms. The third-order valence-electron chi connectivity index (χ3n) is 3.84. The van der Waals surface area contributed by atoms with Crippen molar-refractivity contribution in [3.05, 3.63) is 89.7 Å². The van der Waals surface area contributed by atoms with Crippen molar-refractivity contribution in [1.82, 2.24) is 5.43 Å². The summed E-state index contributed by atoms with van der Waals surface area (Å²) >= 11 is 13.5. The van der Waals surface area contributed by atoms with Gasteiger partial charge in [0.15, 0.2) is 6.61 Å². The van der Waals surface area contributed by atoms with Crippen LogP contribution < -0.4 is 14.9 Å². The molecule has 1 N–H and O–H groups in total. The van der Waals surface area contributed by atoms with E-state index in [9.17, 15) is 9.59 Å². The average Bonchev–Trinajstić information content (AvgIpc) is 2.73. The van der Waals surface area contributed by atoms with Crippen LogP contribution in [0.5, 0.6) is 11.5 Å². The van der Waals surface area contributed by atoms with Crippen LogP contribution in [0.3, 0.4) is 0 Å². The van der Waals surface area contributed by atoms with Crippen molar-refractivity contribution in [2.24, 2.45) is 5.10 Å². The Kier molecular flexibility index (Phi) is 9.03. The van der Waals surface area contributed by atoms with Crippen molar-refractivity contribution in [2.45, 2.75) is 0 Å². The number of hydrazone groups is 1. The highest BCUT2D eigenvalue weighted by atomic mass is 79.9. The van der Waals surface area contributed by atoms with Crippen molar-refractivity contribution < 1.29 is 19.1 Å². The van der Waals surface area contributed by atoms with Gasteiger partial charge < -0.3 is 9.47 Å². The van der Waals surface area contributed by atoms with Gasteiger partial charge in [-0.2, -0.15) is 5.10 Å². The second-order valence-electron chi connectivity index (χ2n) is 6.25. The first-order valence-electron chi connectivity index (χ1n) is 8.99. The average molecular weight is 690 g/mol. The van der Waals surface area contributed by atoms with Crippen molar-refractivity contribution in [3.8, 4) is 11.5 Å². The van der Waals surface area contributed by atoms with E-state index in [0.717, 1.165) is 8.95 Å². The molecule has 1 amide bonds. The minimum atomic E-state index is -0.476. The van der Waals surface area contributed by atoms with Crippen LogP contribution in [0, 0.1) is 0 Å². The van der Waals surface area contributed by atoms with Crippen LogP contribution in [0.1, 0.15) is 15.9 Å². The number of hydrogen-bond donors (Lipinski definition) is 1. The van der Waals surface area contributed by atoms with Crippen LogP contribution in [0.15, 0.2) is 83.7 Å². The monoisotopic (exact) mass is 686 g/mol. The van der Waals surface area contributed by atoms with E-state index in [-0.39, 0.29) is 6.61 Å². The molecule has 0 radical (unpaired) electrons. The van der Waals surface area contributed by atoms with Gasteiger partial charge >= 0.3 is 5.97 Å². The molecule has 0 spiro atoms. The van der Waals surface area contributed by atoms with Gasteiger partial charge in [-0.15, -0.1) is 0 Å². The van der Waals surface area contributed by atoms with E-state index in [1.807, 2.05) is 18.2 Å². The van der Waals surface area contributed by atoms with Gasteiger partial charge in [0.25, 0.3) is 5.91 Å². The number of carbonyl (C=O) groups excluding carboxylic acids is 2. The predicted molar refractivity (Wildman–Crippen MR) is 136 cm³/mol. The summed E-state index contributed by atoms with van der Waals surface area (Å²) in [6, 6.07) is 17.3. The molecule has 3 aromatic rings. The number of nitrogens with zero attached hydrogens (tertiary/aromatic N) is 1. The standard InChI is InChI=1S/C22H14Br4N2O4/c23-15-5-2-4-14(8-15)22(30)32-17-6-1-3-13(7-17)11-27-28-20(29)12-31-21-18(25)9-16(24)10-19(21)26/h1-11H,12H2,(H,28,29). The van der Waals surface area contributed by atoms with E-state index in [2.05, 4.69) is 74.2 Å². The summed E-state index contributed by atoms with van der Waals surface area (Å²) in [5.74, 6) is -0.0397. The van der Waals surface area contributed by atoms with Crippen LogP contribution in [-0.4, -0.2) is 24.7 Å². The maximum atomic E-state index is 12.3. The molecule has 0 aliphatic rings. The number of ether oxygens (including phenoxy) is 2. The van der Waals surface area contributed by atoms with Crippen LogP contribution in [0.4, 0.5) is 0 Å². The lowest BCUT2D eigenvalue weighted by Crippen LogP contribution is -2.24. The number of rotatable bonds is 7. The Bertz CT molecular complexity index is 1160. The van der Waals surface area contributed by atoms with Gasteiger partial charge in [-0.25, -0.2) is 10.2 Å². The van der Waals surface area contributed by atoms with E-state index < -0.39 is 11.9 Å². The molecule has 6 nitrogen and oxygen atoms in total. The fourth-order valence-corrected chi connectivity index (χ4v) is 5.34. The normalized spacial score (nSPS) is 10.8. The second kappa shape index (κ2) is 11.7. The number of amides is 1. The number of benzene rings is 3. The molecule has 0 saturated heterocycles. The van der Waals surface area contributed by atoms with E-state index in [4.69, 9.17) is 9.47 Å². The van der Waals surface area contributed by atoms with Gasteiger partial charge in [-0.1, -0.05) is 50.1 Å². The minimum absolute atomic E-state index is 0.222. The third kappa shape index (κ3) is 7.26. The third-order valence-corrected chi connectivity index (χ3v) is 5.97. The topological polar surface area (TPSA) is 77.0 Å². The van der Waals surface area contributed by atoms with Gasteiger partial charge in [0.05, 0.1) is 20.7 Å². The number of hydrogen-bond acceptors (Lipinski definition) is 5. The Labute approximate surface area is 217 Å². The smallest absolute Gasteiger partial charge is 0.343 e. The summed E-state index contributed by atoms with van der Waals surface area (Å²) in [6.45, 7) is -0.222. The highest BCUT2D eigenvalue weighted by Crippen LogP contribution is 2.36. The zero-order valence-electron chi connectivity index (χ0n) is 16.2. The Morgan fingerprint density at radius 1 is 0.906 bits per heavy atom. The fraction of sp³-hybridized carbons (Fsp3) is 0.0455.